The summed E-state index contributed by atoms with van der Waals surface area (Å²) in [5.41, 5.74) is 7.89. The third-order valence-electron chi connectivity index (χ3n) is 3.07. The molecule has 0 spiro atoms. The Labute approximate surface area is 145 Å². The van der Waals surface area contributed by atoms with E-state index in [0.717, 1.165) is 16.1 Å². The molecule has 0 bridgehead atoms. The maximum Gasteiger partial charge on any atom is 0.180 e. The van der Waals surface area contributed by atoms with Crippen molar-refractivity contribution in [1.29, 1.82) is 0 Å². The van der Waals surface area contributed by atoms with E-state index in [9.17, 15) is 4.21 Å². The van der Waals surface area contributed by atoms with Crippen LogP contribution in [0.5, 0.6) is 0 Å². The van der Waals surface area contributed by atoms with E-state index < -0.39 is 11.0 Å². The van der Waals surface area contributed by atoms with Gasteiger partial charge in [-0.3, -0.25) is 4.72 Å². The Bertz CT molecular complexity index is 867. The zero-order valence-corrected chi connectivity index (χ0v) is 14.5. The molecule has 0 aliphatic carbocycles. The van der Waals surface area contributed by atoms with Crippen molar-refractivity contribution in [2.45, 2.75) is 11.8 Å². The lowest BCUT2D eigenvalue weighted by molar-refractivity contribution is 0.686. The Morgan fingerprint density at radius 2 is 2.04 bits per heavy atom. The molecule has 8 heteroatoms. The zero-order valence-electron chi connectivity index (χ0n) is 12.1. The number of aryl methyl sites for hydroxylation is 1. The first-order valence-electron chi connectivity index (χ1n) is 6.67. The molecule has 0 saturated carbocycles. The molecule has 0 aliphatic heterocycles. The first-order valence-corrected chi connectivity index (χ1v) is 9.01. The maximum atomic E-state index is 12.4. The van der Waals surface area contributed by atoms with E-state index in [2.05, 4.69) is 14.7 Å². The Kier molecular flexibility index (Phi) is 4.61. The van der Waals surface area contributed by atoms with Gasteiger partial charge in [-0.25, -0.2) is 14.2 Å². The monoisotopic (exact) mass is 364 g/mol. The SMILES string of the molecule is Cc1nc(N)sc1-c1cnc(Cl)c(NS(=O)c2ccccc2)c1. The van der Waals surface area contributed by atoms with Crippen molar-refractivity contribution in [3.8, 4) is 10.4 Å². The smallest absolute Gasteiger partial charge is 0.180 e. The summed E-state index contributed by atoms with van der Waals surface area (Å²) in [6.45, 7) is 1.88. The van der Waals surface area contributed by atoms with Crippen molar-refractivity contribution in [3.63, 3.8) is 0 Å². The number of nitrogens with one attached hydrogen (secondary N) is 1. The fraction of sp³-hybridized carbons (Fsp3) is 0.0667. The number of anilines is 2. The molecule has 1 aromatic carbocycles. The molecule has 118 valence electrons. The average Bonchev–Trinajstić information content (AvgIpc) is 2.89. The van der Waals surface area contributed by atoms with E-state index in [1.807, 2.05) is 25.1 Å². The molecular weight excluding hydrogens is 352 g/mol. The van der Waals surface area contributed by atoms with Crippen molar-refractivity contribution >= 4 is 44.7 Å². The number of thiazole rings is 1. The lowest BCUT2D eigenvalue weighted by atomic mass is 10.2. The van der Waals surface area contributed by atoms with Crippen molar-refractivity contribution in [2.24, 2.45) is 0 Å². The Hall–Kier alpha value is -1.96. The number of halogens is 1. The van der Waals surface area contributed by atoms with Crippen LogP contribution in [0.15, 0.2) is 47.5 Å². The van der Waals surface area contributed by atoms with Gasteiger partial charge in [0.25, 0.3) is 0 Å². The van der Waals surface area contributed by atoms with Crippen molar-refractivity contribution in [1.82, 2.24) is 9.97 Å². The number of hydrogen-bond donors (Lipinski definition) is 2. The largest absolute Gasteiger partial charge is 0.375 e. The highest BCUT2D eigenvalue weighted by atomic mass is 35.5. The molecule has 23 heavy (non-hydrogen) atoms. The fourth-order valence-electron chi connectivity index (χ4n) is 2.03. The molecule has 0 radical (unpaired) electrons. The molecule has 0 amide bonds. The third kappa shape index (κ3) is 3.52. The van der Waals surface area contributed by atoms with Gasteiger partial charge in [-0.15, -0.1) is 0 Å². The number of nitrogen functional groups attached to an aromatic ring is 1. The first kappa shape index (κ1) is 15.9. The highest BCUT2D eigenvalue weighted by molar-refractivity contribution is 7.86. The summed E-state index contributed by atoms with van der Waals surface area (Å²) >= 11 is 7.49. The summed E-state index contributed by atoms with van der Waals surface area (Å²) < 4.78 is 15.3. The van der Waals surface area contributed by atoms with Crippen LogP contribution < -0.4 is 10.5 Å². The fourth-order valence-corrected chi connectivity index (χ4v) is 3.93. The van der Waals surface area contributed by atoms with Crippen LogP contribution in [-0.4, -0.2) is 14.2 Å². The maximum absolute atomic E-state index is 12.4. The lowest BCUT2D eigenvalue weighted by Gasteiger charge is -2.09. The second kappa shape index (κ2) is 6.66. The average molecular weight is 365 g/mol. The van der Waals surface area contributed by atoms with Crippen LogP contribution in [0.2, 0.25) is 5.15 Å². The van der Waals surface area contributed by atoms with Gasteiger partial charge < -0.3 is 5.73 Å². The predicted octanol–water partition coefficient (Wildman–Crippen LogP) is 3.88. The van der Waals surface area contributed by atoms with Gasteiger partial charge in [-0.2, -0.15) is 0 Å². The number of nitrogens with two attached hydrogens (primary N) is 1. The van der Waals surface area contributed by atoms with Gasteiger partial charge in [0.15, 0.2) is 10.3 Å². The summed E-state index contributed by atoms with van der Waals surface area (Å²) in [5.74, 6) is 0. The number of rotatable bonds is 4. The minimum absolute atomic E-state index is 0.258. The van der Waals surface area contributed by atoms with Crippen LogP contribution in [0.25, 0.3) is 10.4 Å². The van der Waals surface area contributed by atoms with E-state index in [1.165, 1.54) is 11.3 Å². The van der Waals surface area contributed by atoms with Crippen LogP contribution >= 0.6 is 22.9 Å². The topological polar surface area (TPSA) is 80.9 Å². The second-order valence-corrected chi connectivity index (χ2v) is 7.31. The highest BCUT2D eigenvalue weighted by Crippen LogP contribution is 2.34. The summed E-state index contributed by atoms with van der Waals surface area (Å²) in [5, 5.41) is 0.753. The molecule has 3 rings (SSSR count). The number of benzene rings is 1. The Balaban J connectivity index is 1.92. The highest BCUT2D eigenvalue weighted by Gasteiger charge is 2.13. The molecule has 1 unspecified atom stereocenters. The van der Waals surface area contributed by atoms with Gasteiger partial charge in [0, 0.05) is 11.8 Å². The summed E-state index contributed by atoms with van der Waals surface area (Å²) in [6, 6.07) is 10.9. The van der Waals surface area contributed by atoms with Gasteiger partial charge in [0.1, 0.15) is 11.0 Å². The van der Waals surface area contributed by atoms with E-state index in [-0.39, 0.29) is 5.15 Å². The van der Waals surface area contributed by atoms with E-state index >= 15 is 0 Å². The summed E-state index contributed by atoms with van der Waals surface area (Å²) in [6.07, 6.45) is 1.65. The van der Waals surface area contributed by atoms with Crippen LogP contribution in [0.4, 0.5) is 10.8 Å². The van der Waals surface area contributed by atoms with Gasteiger partial charge >= 0.3 is 0 Å². The van der Waals surface area contributed by atoms with Crippen LogP contribution in [0.1, 0.15) is 5.69 Å². The normalized spacial score (nSPS) is 12.1. The standard InChI is InChI=1S/C15H13ClN4OS2/c1-9-13(22-15(17)19-9)10-7-12(14(16)18-8-10)20-23(21)11-5-3-2-4-6-11/h2-8,20H,1H3,(H2,17,19). The van der Waals surface area contributed by atoms with Crippen LogP contribution in [-0.2, 0) is 11.0 Å². The predicted molar refractivity (Wildman–Crippen MR) is 96.0 cm³/mol. The molecule has 2 heterocycles. The second-order valence-electron chi connectivity index (χ2n) is 4.71. The van der Waals surface area contributed by atoms with E-state index in [4.69, 9.17) is 17.3 Å². The Morgan fingerprint density at radius 3 is 2.70 bits per heavy atom. The molecule has 0 aliphatic rings. The lowest BCUT2D eigenvalue weighted by Crippen LogP contribution is -2.05. The quantitative estimate of drug-likeness (QED) is 0.688. The van der Waals surface area contributed by atoms with Gasteiger partial charge in [0.05, 0.1) is 21.2 Å². The number of pyridine rings is 1. The zero-order chi connectivity index (χ0) is 16.4. The molecule has 3 N–H and O–H groups in total. The summed E-state index contributed by atoms with van der Waals surface area (Å²) in [7, 11) is -1.42. The van der Waals surface area contributed by atoms with Crippen LogP contribution in [0.3, 0.4) is 0 Å². The van der Waals surface area contributed by atoms with E-state index in [1.54, 1.807) is 24.4 Å². The van der Waals surface area contributed by atoms with Crippen molar-refractivity contribution in [2.75, 3.05) is 10.5 Å². The first-order chi connectivity index (χ1) is 11.0. The summed E-state index contributed by atoms with van der Waals surface area (Å²) in [4.78, 5) is 9.94. The number of aromatic nitrogens is 2. The molecular formula is C15H13ClN4OS2. The van der Waals surface area contributed by atoms with Crippen molar-refractivity contribution < 1.29 is 4.21 Å². The van der Waals surface area contributed by atoms with Gasteiger partial charge in [-0.05, 0) is 25.1 Å². The third-order valence-corrected chi connectivity index (χ3v) is 5.52. The molecule has 2 aromatic heterocycles. The van der Waals surface area contributed by atoms with Gasteiger partial charge in [-0.1, -0.05) is 41.1 Å². The minimum Gasteiger partial charge on any atom is -0.375 e. The molecule has 0 fully saturated rings. The van der Waals surface area contributed by atoms with Gasteiger partial charge in [0.2, 0.25) is 0 Å². The van der Waals surface area contributed by atoms with Crippen molar-refractivity contribution in [3.05, 3.63) is 53.4 Å². The molecule has 1 atom stereocenters. The Morgan fingerprint density at radius 1 is 1.30 bits per heavy atom. The molecule has 3 aromatic rings. The minimum atomic E-state index is -1.42. The molecule has 5 nitrogen and oxygen atoms in total. The number of nitrogens with zero attached hydrogens (tertiary/aromatic N) is 2. The molecule has 0 saturated heterocycles. The number of hydrogen-bond acceptors (Lipinski definition) is 5. The van der Waals surface area contributed by atoms with E-state index in [0.29, 0.717) is 15.7 Å². The van der Waals surface area contributed by atoms with Crippen LogP contribution in [0, 0.1) is 6.92 Å².